The van der Waals surface area contributed by atoms with E-state index >= 15 is 0 Å². The minimum absolute atomic E-state index is 0.812. The van der Waals surface area contributed by atoms with Gasteiger partial charge in [-0.3, -0.25) is 0 Å². The molecule has 3 N–H and O–H groups in total. The van der Waals surface area contributed by atoms with E-state index in [9.17, 15) is 0 Å². The van der Waals surface area contributed by atoms with Crippen molar-refractivity contribution in [1.82, 2.24) is 4.98 Å². The lowest BCUT2D eigenvalue weighted by atomic mass is 10.2. The lowest BCUT2D eigenvalue weighted by Gasteiger charge is -1.90. The molecule has 0 bridgehead atoms. The third-order valence-electron chi connectivity index (χ3n) is 1.58. The maximum atomic E-state index is 5.57. The number of fused-ring (bicyclic) bond motifs is 1. The van der Waals surface area contributed by atoms with Gasteiger partial charge < -0.3 is 10.7 Å². The second kappa shape index (κ2) is 3.81. The number of nitrogen functional groups attached to an aromatic ring is 1. The van der Waals surface area contributed by atoms with Crippen molar-refractivity contribution in [3.8, 4) is 0 Å². The van der Waals surface area contributed by atoms with Gasteiger partial charge in [0.1, 0.15) is 0 Å². The van der Waals surface area contributed by atoms with E-state index in [1.807, 2.05) is 44.3 Å². The quantitative estimate of drug-likeness (QED) is 0.574. The van der Waals surface area contributed by atoms with Crippen LogP contribution in [0.5, 0.6) is 0 Å². The Hall–Kier alpha value is -1.44. The van der Waals surface area contributed by atoms with Crippen molar-refractivity contribution in [2.45, 2.75) is 13.8 Å². The summed E-state index contributed by atoms with van der Waals surface area (Å²) in [5, 5.41) is 1.17. The molecule has 2 nitrogen and oxygen atoms in total. The summed E-state index contributed by atoms with van der Waals surface area (Å²) in [6.07, 6.45) is 1.91. The summed E-state index contributed by atoms with van der Waals surface area (Å²) in [4.78, 5) is 3.09. The number of benzene rings is 1. The third-order valence-corrected chi connectivity index (χ3v) is 1.58. The summed E-state index contributed by atoms with van der Waals surface area (Å²) in [5.74, 6) is 0. The topological polar surface area (TPSA) is 41.8 Å². The number of aromatic nitrogens is 1. The maximum absolute atomic E-state index is 5.57. The van der Waals surface area contributed by atoms with E-state index in [0.717, 1.165) is 11.2 Å². The van der Waals surface area contributed by atoms with Crippen LogP contribution in [0, 0.1) is 0 Å². The van der Waals surface area contributed by atoms with Crippen molar-refractivity contribution in [2.24, 2.45) is 0 Å². The van der Waals surface area contributed by atoms with Gasteiger partial charge in [-0.25, -0.2) is 0 Å². The van der Waals surface area contributed by atoms with Crippen molar-refractivity contribution in [3.05, 3.63) is 30.5 Å². The van der Waals surface area contributed by atoms with E-state index in [1.165, 1.54) is 5.39 Å². The molecule has 0 atom stereocenters. The van der Waals surface area contributed by atoms with E-state index in [2.05, 4.69) is 4.98 Å². The molecule has 0 radical (unpaired) electrons. The van der Waals surface area contributed by atoms with Crippen molar-refractivity contribution >= 4 is 16.6 Å². The van der Waals surface area contributed by atoms with Crippen LogP contribution < -0.4 is 5.73 Å². The van der Waals surface area contributed by atoms with E-state index in [1.54, 1.807) is 0 Å². The SMILES string of the molecule is CC.Nc1ccc2[nH]ccc2c1. The van der Waals surface area contributed by atoms with Crippen LogP contribution in [0.2, 0.25) is 0 Å². The molecule has 2 heteroatoms. The Kier molecular flexibility index (Phi) is 2.75. The molecule has 0 fully saturated rings. The molecule has 0 amide bonds. The first kappa shape index (κ1) is 8.65. The zero-order valence-corrected chi connectivity index (χ0v) is 7.46. The van der Waals surface area contributed by atoms with Gasteiger partial charge in [0.05, 0.1) is 0 Å². The van der Waals surface area contributed by atoms with Gasteiger partial charge in [-0.2, -0.15) is 0 Å². The summed E-state index contributed by atoms with van der Waals surface area (Å²) in [7, 11) is 0. The maximum Gasteiger partial charge on any atom is 0.0455 e. The van der Waals surface area contributed by atoms with E-state index in [-0.39, 0.29) is 0 Å². The summed E-state index contributed by atoms with van der Waals surface area (Å²) in [6, 6.07) is 7.82. The van der Waals surface area contributed by atoms with Gasteiger partial charge in [-0.15, -0.1) is 0 Å². The van der Waals surface area contributed by atoms with Gasteiger partial charge in [0.2, 0.25) is 0 Å². The number of nitrogens with two attached hydrogens (primary N) is 1. The Labute approximate surface area is 72.4 Å². The highest BCUT2D eigenvalue weighted by Gasteiger charge is 1.91. The monoisotopic (exact) mass is 162 g/mol. The second-order valence-corrected chi connectivity index (χ2v) is 2.32. The van der Waals surface area contributed by atoms with Crippen LogP contribution in [0.25, 0.3) is 10.9 Å². The fourth-order valence-corrected chi connectivity index (χ4v) is 1.07. The third kappa shape index (κ3) is 1.59. The smallest absolute Gasteiger partial charge is 0.0455 e. The Morgan fingerprint density at radius 2 is 1.92 bits per heavy atom. The largest absolute Gasteiger partial charge is 0.399 e. The van der Waals surface area contributed by atoms with Gasteiger partial charge >= 0.3 is 0 Å². The number of nitrogens with one attached hydrogen (secondary N) is 1. The summed E-state index contributed by atoms with van der Waals surface area (Å²) < 4.78 is 0. The average Bonchev–Trinajstić information content (AvgIpc) is 2.54. The second-order valence-electron chi connectivity index (χ2n) is 2.32. The molecule has 0 aliphatic rings. The highest BCUT2D eigenvalue weighted by Crippen LogP contribution is 2.14. The summed E-state index contributed by atoms with van der Waals surface area (Å²) in [6.45, 7) is 4.00. The number of rotatable bonds is 0. The Morgan fingerprint density at radius 1 is 1.17 bits per heavy atom. The molecule has 0 saturated heterocycles. The minimum Gasteiger partial charge on any atom is -0.399 e. The van der Waals surface area contributed by atoms with Gasteiger partial charge in [-0.05, 0) is 24.3 Å². The van der Waals surface area contributed by atoms with Crippen LogP contribution in [-0.2, 0) is 0 Å². The molecule has 0 spiro atoms. The minimum atomic E-state index is 0.812. The first-order valence-corrected chi connectivity index (χ1v) is 4.19. The molecule has 0 aliphatic carbocycles. The Balaban J connectivity index is 0.000000336. The lowest BCUT2D eigenvalue weighted by Crippen LogP contribution is -1.81. The van der Waals surface area contributed by atoms with Crippen molar-refractivity contribution in [1.29, 1.82) is 0 Å². The number of aromatic amines is 1. The molecule has 1 heterocycles. The summed E-state index contributed by atoms with van der Waals surface area (Å²) in [5.41, 5.74) is 7.51. The van der Waals surface area contributed by atoms with E-state index in [4.69, 9.17) is 5.73 Å². The highest BCUT2D eigenvalue weighted by molar-refractivity contribution is 5.82. The van der Waals surface area contributed by atoms with Crippen LogP contribution in [0.1, 0.15) is 13.8 Å². The fraction of sp³-hybridized carbons (Fsp3) is 0.200. The van der Waals surface area contributed by atoms with Gasteiger partial charge in [-0.1, -0.05) is 13.8 Å². The number of hydrogen-bond donors (Lipinski definition) is 2. The van der Waals surface area contributed by atoms with Crippen LogP contribution in [0.15, 0.2) is 30.5 Å². The Morgan fingerprint density at radius 3 is 2.67 bits per heavy atom. The number of H-pyrrole nitrogens is 1. The van der Waals surface area contributed by atoms with Crippen LogP contribution in [0.3, 0.4) is 0 Å². The normalized spacial score (nSPS) is 9.17. The molecule has 64 valence electrons. The predicted octanol–water partition coefficient (Wildman–Crippen LogP) is 2.78. The van der Waals surface area contributed by atoms with E-state index < -0.39 is 0 Å². The highest BCUT2D eigenvalue weighted by atomic mass is 14.7. The molecular weight excluding hydrogens is 148 g/mol. The zero-order chi connectivity index (χ0) is 8.97. The van der Waals surface area contributed by atoms with Gasteiger partial charge in [0.25, 0.3) is 0 Å². The molecule has 2 rings (SSSR count). The lowest BCUT2D eigenvalue weighted by molar-refractivity contribution is 1.48. The molecule has 0 aliphatic heterocycles. The molecule has 1 aromatic heterocycles. The van der Waals surface area contributed by atoms with E-state index in [0.29, 0.717) is 0 Å². The molecule has 2 aromatic rings. The van der Waals surface area contributed by atoms with Crippen molar-refractivity contribution in [3.63, 3.8) is 0 Å². The van der Waals surface area contributed by atoms with Crippen LogP contribution in [-0.4, -0.2) is 4.98 Å². The van der Waals surface area contributed by atoms with Crippen LogP contribution in [0.4, 0.5) is 5.69 Å². The van der Waals surface area contributed by atoms with Gasteiger partial charge in [0, 0.05) is 22.8 Å². The zero-order valence-electron chi connectivity index (χ0n) is 7.46. The molecule has 12 heavy (non-hydrogen) atoms. The van der Waals surface area contributed by atoms with Crippen LogP contribution >= 0.6 is 0 Å². The standard InChI is InChI=1S/C8H8N2.C2H6/c9-7-1-2-8-6(5-7)3-4-10-8;1-2/h1-5,10H,9H2;1-2H3. The van der Waals surface area contributed by atoms with Gasteiger partial charge in [0.15, 0.2) is 0 Å². The first-order chi connectivity index (χ1) is 5.86. The molecular formula is C10H14N2. The molecule has 0 unspecified atom stereocenters. The first-order valence-electron chi connectivity index (χ1n) is 4.19. The van der Waals surface area contributed by atoms with Crippen molar-refractivity contribution in [2.75, 3.05) is 5.73 Å². The number of anilines is 1. The summed E-state index contributed by atoms with van der Waals surface area (Å²) >= 11 is 0. The molecule has 0 saturated carbocycles. The number of hydrogen-bond acceptors (Lipinski definition) is 1. The predicted molar refractivity (Wildman–Crippen MR) is 54.1 cm³/mol. The Bertz CT molecular complexity index is 349. The molecule has 1 aromatic carbocycles. The average molecular weight is 162 g/mol. The fourth-order valence-electron chi connectivity index (χ4n) is 1.07. The van der Waals surface area contributed by atoms with Crippen molar-refractivity contribution < 1.29 is 0 Å².